The number of phenolic OH excluding ortho intramolecular Hbond substituents is 2. The summed E-state index contributed by atoms with van der Waals surface area (Å²) in [5.74, 6) is -1.10. The second-order valence-corrected chi connectivity index (χ2v) is 3.85. The summed E-state index contributed by atoms with van der Waals surface area (Å²) in [7, 11) is 0. The van der Waals surface area contributed by atoms with Crippen LogP contribution in [0.4, 0.5) is 0 Å². The van der Waals surface area contributed by atoms with Crippen LogP contribution in [-0.4, -0.2) is 27.5 Å². The molecule has 1 aromatic carbocycles. The lowest BCUT2D eigenvalue weighted by molar-refractivity contribution is 0.0940. The molecule has 0 radical (unpaired) electrons. The van der Waals surface area contributed by atoms with Crippen LogP contribution in [0.15, 0.2) is 18.2 Å². The Balaban J connectivity index is 2.87. The van der Waals surface area contributed by atoms with Gasteiger partial charge in [-0.1, -0.05) is 22.0 Å². The highest BCUT2D eigenvalue weighted by molar-refractivity contribution is 9.09. The third-order valence-corrected chi connectivity index (χ3v) is 2.84. The van der Waals surface area contributed by atoms with Crippen LogP contribution in [0.3, 0.4) is 0 Å². The van der Waals surface area contributed by atoms with Gasteiger partial charge in [0.25, 0.3) is 5.91 Å². The highest BCUT2D eigenvalue weighted by Gasteiger charge is 2.14. The van der Waals surface area contributed by atoms with Crippen LogP contribution < -0.4 is 5.32 Å². The maximum absolute atomic E-state index is 11.6. The SMILES string of the molecule is CC(CBr)NC(=O)c1cccc(O)c1O. The molecular formula is C10H12BrNO3. The standard InChI is InChI=1S/C10H12BrNO3/c1-6(5-11)12-10(15)7-3-2-4-8(13)9(7)14/h2-4,6,13-14H,5H2,1H3,(H,12,15). The molecule has 3 N–H and O–H groups in total. The number of carbonyl (C=O) groups is 1. The first-order valence-electron chi connectivity index (χ1n) is 4.44. The van der Waals surface area contributed by atoms with E-state index in [1.54, 1.807) is 0 Å². The van der Waals surface area contributed by atoms with Gasteiger partial charge >= 0.3 is 0 Å². The maximum Gasteiger partial charge on any atom is 0.255 e. The molecule has 0 saturated heterocycles. The molecule has 1 unspecified atom stereocenters. The minimum Gasteiger partial charge on any atom is -0.504 e. The van der Waals surface area contributed by atoms with E-state index in [1.165, 1.54) is 18.2 Å². The van der Waals surface area contributed by atoms with Gasteiger partial charge in [0.1, 0.15) is 0 Å². The fraction of sp³-hybridized carbons (Fsp3) is 0.300. The number of benzene rings is 1. The summed E-state index contributed by atoms with van der Waals surface area (Å²) in [6.07, 6.45) is 0. The molecule has 0 saturated carbocycles. The molecule has 4 nitrogen and oxygen atoms in total. The lowest BCUT2D eigenvalue weighted by Gasteiger charge is -2.11. The van der Waals surface area contributed by atoms with Crippen molar-refractivity contribution >= 4 is 21.8 Å². The van der Waals surface area contributed by atoms with Crippen LogP contribution in [-0.2, 0) is 0 Å². The number of nitrogens with one attached hydrogen (secondary N) is 1. The second-order valence-electron chi connectivity index (χ2n) is 3.20. The zero-order chi connectivity index (χ0) is 11.4. The Hall–Kier alpha value is -1.23. The number of carbonyl (C=O) groups excluding carboxylic acids is 1. The van der Waals surface area contributed by atoms with E-state index in [4.69, 9.17) is 0 Å². The van der Waals surface area contributed by atoms with Gasteiger partial charge in [-0.25, -0.2) is 0 Å². The highest BCUT2D eigenvalue weighted by atomic mass is 79.9. The van der Waals surface area contributed by atoms with E-state index in [-0.39, 0.29) is 17.4 Å². The maximum atomic E-state index is 11.6. The normalized spacial score (nSPS) is 12.1. The van der Waals surface area contributed by atoms with Crippen LogP contribution in [0.1, 0.15) is 17.3 Å². The number of phenols is 2. The Bertz CT molecular complexity index is 368. The van der Waals surface area contributed by atoms with Crippen LogP contribution in [0.5, 0.6) is 11.5 Å². The van der Waals surface area contributed by atoms with Gasteiger partial charge in [-0.2, -0.15) is 0 Å². The van der Waals surface area contributed by atoms with Crippen molar-refractivity contribution in [1.29, 1.82) is 0 Å². The van der Waals surface area contributed by atoms with Crippen molar-refractivity contribution in [3.63, 3.8) is 0 Å². The van der Waals surface area contributed by atoms with Gasteiger partial charge < -0.3 is 15.5 Å². The zero-order valence-corrected chi connectivity index (χ0v) is 9.78. The van der Waals surface area contributed by atoms with Crippen molar-refractivity contribution in [2.45, 2.75) is 13.0 Å². The van der Waals surface area contributed by atoms with Crippen molar-refractivity contribution in [3.8, 4) is 11.5 Å². The summed E-state index contributed by atoms with van der Waals surface area (Å²) in [4.78, 5) is 11.6. The van der Waals surface area contributed by atoms with Crippen molar-refractivity contribution < 1.29 is 15.0 Å². The average Bonchev–Trinajstić information content (AvgIpc) is 2.21. The molecule has 5 heteroatoms. The molecule has 0 aromatic heterocycles. The van der Waals surface area contributed by atoms with Gasteiger partial charge in [-0.3, -0.25) is 4.79 Å². The largest absolute Gasteiger partial charge is 0.504 e. The molecule has 1 aromatic rings. The molecule has 1 amide bonds. The molecule has 15 heavy (non-hydrogen) atoms. The summed E-state index contributed by atoms with van der Waals surface area (Å²) in [6, 6.07) is 4.23. The van der Waals surface area contributed by atoms with E-state index in [0.29, 0.717) is 5.33 Å². The fourth-order valence-electron chi connectivity index (χ4n) is 1.05. The molecule has 1 atom stereocenters. The van der Waals surface area contributed by atoms with Crippen LogP contribution in [0.2, 0.25) is 0 Å². The van der Waals surface area contributed by atoms with Crippen molar-refractivity contribution in [2.75, 3.05) is 5.33 Å². The minimum absolute atomic E-state index is 0.0424. The lowest BCUT2D eigenvalue weighted by atomic mass is 10.1. The number of rotatable bonds is 3. The molecule has 0 aliphatic rings. The average molecular weight is 274 g/mol. The Kier molecular flexibility index (Phi) is 3.96. The first-order valence-corrected chi connectivity index (χ1v) is 5.56. The predicted octanol–water partition coefficient (Wildman–Crippen LogP) is 1.61. The lowest BCUT2D eigenvalue weighted by Crippen LogP contribution is -2.33. The fourth-order valence-corrected chi connectivity index (χ4v) is 1.22. The van der Waals surface area contributed by atoms with E-state index in [0.717, 1.165) is 0 Å². The van der Waals surface area contributed by atoms with Gasteiger partial charge in [-0.15, -0.1) is 0 Å². The number of para-hydroxylation sites is 1. The molecular weight excluding hydrogens is 262 g/mol. The second kappa shape index (κ2) is 5.02. The van der Waals surface area contributed by atoms with Gasteiger partial charge in [0.05, 0.1) is 5.56 Å². The van der Waals surface area contributed by atoms with Crippen LogP contribution in [0, 0.1) is 0 Å². The summed E-state index contributed by atoms with van der Waals surface area (Å²) >= 11 is 3.22. The van der Waals surface area contributed by atoms with Crippen LogP contribution in [0.25, 0.3) is 0 Å². The first kappa shape index (κ1) is 11.8. The van der Waals surface area contributed by atoms with Crippen molar-refractivity contribution in [2.24, 2.45) is 0 Å². The predicted molar refractivity (Wildman–Crippen MR) is 60.5 cm³/mol. The van der Waals surface area contributed by atoms with Gasteiger partial charge in [0, 0.05) is 11.4 Å². The number of aromatic hydroxyl groups is 2. The Morgan fingerprint density at radius 3 is 2.80 bits per heavy atom. The Labute approximate surface area is 96.1 Å². The number of alkyl halides is 1. The number of amides is 1. The topological polar surface area (TPSA) is 69.6 Å². The number of hydrogen-bond donors (Lipinski definition) is 3. The van der Waals surface area contributed by atoms with Crippen LogP contribution >= 0.6 is 15.9 Å². The van der Waals surface area contributed by atoms with Gasteiger partial charge in [0.15, 0.2) is 11.5 Å². The third kappa shape index (κ3) is 2.86. The Morgan fingerprint density at radius 1 is 1.53 bits per heavy atom. The Morgan fingerprint density at radius 2 is 2.20 bits per heavy atom. The van der Waals surface area contributed by atoms with E-state index >= 15 is 0 Å². The summed E-state index contributed by atoms with van der Waals surface area (Å²) in [5, 5.41) is 21.9. The summed E-state index contributed by atoms with van der Waals surface area (Å²) < 4.78 is 0. The molecule has 0 fully saturated rings. The quantitative estimate of drug-likeness (QED) is 0.579. The van der Waals surface area contributed by atoms with E-state index < -0.39 is 11.7 Å². The molecule has 1 rings (SSSR count). The zero-order valence-electron chi connectivity index (χ0n) is 8.20. The molecule has 0 aliphatic heterocycles. The molecule has 0 bridgehead atoms. The van der Waals surface area contributed by atoms with E-state index in [1.807, 2.05) is 6.92 Å². The third-order valence-electron chi connectivity index (χ3n) is 1.87. The number of hydrogen-bond acceptors (Lipinski definition) is 3. The molecule has 0 aliphatic carbocycles. The van der Waals surface area contributed by atoms with E-state index in [9.17, 15) is 15.0 Å². The molecule has 0 heterocycles. The molecule has 82 valence electrons. The van der Waals surface area contributed by atoms with Gasteiger partial charge in [0.2, 0.25) is 0 Å². The summed E-state index contributed by atoms with van der Waals surface area (Å²) in [6.45, 7) is 1.83. The summed E-state index contributed by atoms with van der Waals surface area (Å²) in [5.41, 5.74) is 0.0720. The van der Waals surface area contributed by atoms with Crippen molar-refractivity contribution in [1.82, 2.24) is 5.32 Å². The van der Waals surface area contributed by atoms with Crippen molar-refractivity contribution in [3.05, 3.63) is 23.8 Å². The van der Waals surface area contributed by atoms with E-state index in [2.05, 4.69) is 21.2 Å². The highest BCUT2D eigenvalue weighted by Crippen LogP contribution is 2.27. The first-order chi connectivity index (χ1) is 7.06. The monoisotopic (exact) mass is 273 g/mol. The smallest absolute Gasteiger partial charge is 0.255 e. The minimum atomic E-state index is -0.407. The molecule has 0 spiro atoms. The van der Waals surface area contributed by atoms with Gasteiger partial charge in [-0.05, 0) is 19.1 Å². The number of halogens is 1.